The minimum Gasteiger partial charge on any atom is -0.454 e. The summed E-state index contributed by atoms with van der Waals surface area (Å²) in [6.07, 6.45) is 0.846. The van der Waals surface area contributed by atoms with Crippen molar-refractivity contribution in [3.8, 4) is 0 Å². The van der Waals surface area contributed by atoms with Crippen LogP contribution in [0.4, 0.5) is 0 Å². The number of carbonyl (C=O) groups excluding carboxylic acids is 1. The van der Waals surface area contributed by atoms with E-state index in [0.29, 0.717) is 6.04 Å². The number of hydrogen-bond donors (Lipinski definition) is 0. The normalized spacial score (nSPS) is 32.0. The highest BCUT2D eigenvalue weighted by Crippen LogP contribution is 2.43. The summed E-state index contributed by atoms with van der Waals surface area (Å²) in [7, 11) is 2.13. The van der Waals surface area contributed by atoms with Crippen LogP contribution in [0.1, 0.15) is 32.8 Å². The van der Waals surface area contributed by atoms with E-state index in [4.69, 9.17) is 4.74 Å². The number of carbonyl (C=O) groups is 1. The van der Waals surface area contributed by atoms with E-state index >= 15 is 0 Å². The lowest BCUT2D eigenvalue weighted by Crippen LogP contribution is -2.54. The number of ether oxygens (including phenoxy) is 1. The maximum atomic E-state index is 11.6. The van der Waals surface area contributed by atoms with E-state index in [1.54, 1.807) is 0 Å². The third-order valence-corrected chi connectivity index (χ3v) is 4.58. The molecule has 3 heteroatoms. The number of rotatable bonds is 2. The average Bonchev–Trinajstić information content (AvgIpc) is 2.40. The van der Waals surface area contributed by atoms with Crippen molar-refractivity contribution in [2.45, 2.75) is 38.8 Å². The molecule has 1 aliphatic rings. The smallest absolute Gasteiger partial charge is 0.303 e. The van der Waals surface area contributed by atoms with E-state index < -0.39 is 5.60 Å². The average molecular weight is 261 g/mol. The number of piperidine rings is 1. The second-order valence-corrected chi connectivity index (χ2v) is 5.61. The Morgan fingerprint density at radius 2 is 1.95 bits per heavy atom. The van der Waals surface area contributed by atoms with Gasteiger partial charge >= 0.3 is 5.97 Å². The van der Waals surface area contributed by atoms with Gasteiger partial charge < -0.3 is 9.64 Å². The van der Waals surface area contributed by atoms with Crippen LogP contribution in [-0.2, 0) is 15.1 Å². The number of hydrogen-bond acceptors (Lipinski definition) is 3. The fourth-order valence-electron chi connectivity index (χ4n) is 3.13. The zero-order valence-electron chi connectivity index (χ0n) is 12.2. The minimum atomic E-state index is -0.487. The number of esters is 1. The summed E-state index contributed by atoms with van der Waals surface area (Å²) in [5.74, 6) is 0.0602. The Morgan fingerprint density at radius 3 is 2.53 bits per heavy atom. The van der Waals surface area contributed by atoms with Crippen LogP contribution in [0, 0.1) is 5.92 Å². The van der Waals surface area contributed by atoms with Crippen molar-refractivity contribution in [1.29, 1.82) is 0 Å². The topological polar surface area (TPSA) is 29.5 Å². The first-order valence-electron chi connectivity index (χ1n) is 6.92. The molecule has 1 aliphatic heterocycles. The molecule has 0 spiro atoms. The lowest BCUT2D eigenvalue weighted by molar-refractivity contribution is -0.176. The van der Waals surface area contributed by atoms with Crippen molar-refractivity contribution in [1.82, 2.24) is 4.90 Å². The molecule has 0 aliphatic carbocycles. The van der Waals surface area contributed by atoms with Gasteiger partial charge in [-0.3, -0.25) is 4.79 Å². The van der Waals surface area contributed by atoms with Crippen LogP contribution in [0.15, 0.2) is 30.3 Å². The molecular formula is C16H23NO2. The summed E-state index contributed by atoms with van der Waals surface area (Å²) in [4.78, 5) is 13.9. The zero-order valence-corrected chi connectivity index (χ0v) is 12.2. The molecule has 1 heterocycles. The highest BCUT2D eigenvalue weighted by Gasteiger charge is 2.47. The molecule has 0 bridgehead atoms. The van der Waals surface area contributed by atoms with Crippen LogP contribution in [0.2, 0.25) is 0 Å². The standard InChI is InChI=1S/C16H23NO2/c1-12-13(2)17(4)11-10-16(12,19-14(3)18)15-8-6-5-7-9-15/h5-9,12-13H,10-11H2,1-4H3/t12-,13-,16-/m1/s1. The fourth-order valence-corrected chi connectivity index (χ4v) is 3.13. The van der Waals surface area contributed by atoms with E-state index in [-0.39, 0.29) is 11.9 Å². The molecule has 1 fully saturated rings. The van der Waals surface area contributed by atoms with E-state index in [2.05, 4.69) is 37.9 Å². The lowest BCUT2D eigenvalue weighted by atomic mass is 9.73. The molecule has 0 amide bonds. The Morgan fingerprint density at radius 1 is 1.32 bits per heavy atom. The highest BCUT2D eigenvalue weighted by molar-refractivity contribution is 5.67. The van der Waals surface area contributed by atoms with Crippen LogP contribution >= 0.6 is 0 Å². The Balaban J connectivity index is 2.43. The molecule has 1 aromatic rings. The molecule has 0 unspecified atom stereocenters. The summed E-state index contributed by atoms with van der Waals surface area (Å²) in [6, 6.07) is 10.5. The van der Waals surface area contributed by atoms with Crippen LogP contribution < -0.4 is 0 Å². The summed E-state index contributed by atoms with van der Waals surface area (Å²) in [5.41, 5.74) is 0.622. The van der Waals surface area contributed by atoms with Gasteiger partial charge in [-0.25, -0.2) is 0 Å². The Bertz CT molecular complexity index is 445. The molecule has 2 rings (SSSR count). The first-order chi connectivity index (χ1) is 8.97. The predicted molar refractivity (Wildman–Crippen MR) is 75.8 cm³/mol. The number of benzene rings is 1. The second kappa shape index (κ2) is 5.33. The molecule has 104 valence electrons. The molecular weight excluding hydrogens is 238 g/mol. The maximum absolute atomic E-state index is 11.6. The molecule has 3 nitrogen and oxygen atoms in total. The SMILES string of the molecule is CC(=O)O[C@]1(c2ccccc2)CCN(C)[C@H](C)[C@H]1C. The van der Waals surface area contributed by atoms with Crippen molar-refractivity contribution in [3.63, 3.8) is 0 Å². The number of likely N-dealkylation sites (tertiary alicyclic amines) is 1. The third-order valence-electron chi connectivity index (χ3n) is 4.58. The highest BCUT2D eigenvalue weighted by atomic mass is 16.6. The van der Waals surface area contributed by atoms with E-state index in [1.807, 2.05) is 18.2 Å². The van der Waals surface area contributed by atoms with Crippen LogP contribution in [0.25, 0.3) is 0 Å². The minimum absolute atomic E-state index is 0.201. The van der Waals surface area contributed by atoms with Gasteiger partial charge in [-0.1, -0.05) is 37.3 Å². The fraction of sp³-hybridized carbons (Fsp3) is 0.562. The third kappa shape index (κ3) is 2.52. The van der Waals surface area contributed by atoms with Gasteiger partial charge in [0.05, 0.1) is 0 Å². The quantitative estimate of drug-likeness (QED) is 0.767. The molecule has 0 radical (unpaired) electrons. The molecule has 3 atom stereocenters. The lowest BCUT2D eigenvalue weighted by Gasteiger charge is -2.49. The number of nitrogens with zero attached hydrogens (tertiary/aromatic N) is 1. The van der Waals surface area contributed by atoms with Gasteiger partial charge in [0.2, 0.25) is 0 Å². The van der Waals surface area contributed by atoms with Crippen LogP contribution in [0.5, 0.6) is 0 Å². The molecule has 1 aromatic carbocycles. The van der Waals surface area contributed by atoms with Gasteiger partial charge in [-0.2, -0.15) is 0 Å². The Hall–Kier alpha value is -1.35. The monoisotopic (exact) mass is 261 g/mol. The van der Waals surface area contributed by atoms with Gasteiger partial charge in [-0.15, -0.1) is 0 Å². The second-order valence-electron chi connectivity index (χ2n) is 5.61. The molecule has 0 aromatic heterocycles. The summed E-state index contributed by atoms with van der Waals surface area (Å²) < 4.78 is 5.83. The zero-order chi connectivity index (χ0) is 14.0. The Kier molecular flexibility index (Phi) is 3.95. The molecule has 19 heavy (non-hydrogen) atoms. The van der Waals surface area contributed by atoms with E-state index in [0.717, 1.165) is 18.5 Å². The van der Waals surface area contributed by atoms with Gasteiger partial charge in [-0.05, 0) is 19.5 Å². The van der Waals surface area contributed by atoms with Gasteiger partial charge in [0.25, 0.3) is 0 Å². The largest absolute Gasteiger partial charge is 0.454 e. The van der Waals surface area contributed by atoms with Gasteiger partial charge in [0, 0.05) is 31.8 Å². The summed E-state index contributed by atoms with van der Waals surface area (Å²) in [5, 5.41) is 0. The van der Waals surface area contributed by atoms with Gasteiger partial charge in [0.1, 0.15) is 5.60 Å². The first-order valence-corrected chi connectivity index (χ1v) is 6.92. The predicted octanol–water partition coefficient (Wildman–Crippen LogP) is 2.81. The maximum Gasteiger partial charge on any atom is 0.303 e. The summed E-state index contributed by atoms with van der Waals surface area (Å²) >= 11 is 0. The molecule has 0 N–H and O–H groups in total. The van der Waals surface area contributed by atoms with Gasteiger partial charge in [0.15, 0.2) is 0 Å². The van der Waals surface area contributed by atoms with Crippen molar-refractivity contribution in [3.05, 3.63) is 35.9 Å². The van der Waals surface area contributed by atoms with Crippen LogP contribution in [0.3, 0.4) is 0 Å². The van der Waals surface area contributed by atoms with Crippen molar-refractivity contribution in [2.75, 3.05) is 13.6 Å². The van der Waals surface area contributed by atoms with Crippen molar-refractivity contribution < 1.29 is 9.53 Å². The molecule has 0 saturated carbocycles. The van der Waals surface area contributed by atoms with Crippen molar-refractivity contribution >= 4 is 5.97 Å². The van der Waals surface area contributed by atoms with Crippen molar-refractivity contribution in [2.24, 2.45) is 5.92 Å². The summed E-state index contributed by atoms with van der Waals surface area (Å²) in [6.45, 7) is 6.81. The van der Waals surface area contributed by atoms with E-state index in [9.17, 15) is 4.79 Å². The molecule has 1 saturated heterocycles. The van der Waals surface area contributed by atoms with Crippen LogP contribution in [-0.4, -0.2) is 30.5 Å². The van der Waals surface area contributed by atoms with E-state index in [1.165, 1.54) is 6.92 Å². The Labute approximate surface area is 115 Å². The first kappa shape index (κ1) is 14.1.